The second-order valence-electron chi connectivity index (χ2n) is 6.98. The SMILES string of the molecule is C=CC(=O)Nc1cccc(Oc2nc(Nc3ccc(N(C)CCC)cc3)ncc2OC)c1. The molecule has 1 aromatic heterocycles. The van der Waals surface area contributed by atoms with Gasteiger partial charge in [-0.3, -0.25) is 4.79 Å². The summed E-state index contributed by atoms with van der Waals surface area (Å²) in [7, 11) is 3.59. The minimum Gasteiger partial charge on any atom is -0.490 e. The average Bonchev–Trinajstić information content (AvgIpc) is 2.80. The van der Waals surface area contributed by atoms with Crippen LogP contribution >= 0.6 is 0 Å². The molecule has 1 heterocycles. The van der Waals surface area contributed by atoms with Gasteiger partial charge in [-0.15, -0.1) is 0 Å². The van der Waals surface area contributed by atoms with Gasteiger partial charge in [0.15, 0.2) is 5.75 Å². The molecule has 2 aromatic carbocycles. The largest absolute Gasteiger partial charge is 0.490 e. The molecular weight excluding hydrogens is 406 g/mol. The van der Waals surface area contributed by atoms with Gasteiger partial charge in [0, 0.05) is 36.7 Å². The van der Waals surface area contributed by atoms with Gasteiger partial charge in [0.25, 0.3) is 5.88 Å². The first-order valence-corrected chi connectivity index (χ1v) is 10.2. The minimum absolute atomic E-state index is 0.247. The summed E-state index contributed by atoms with van der Waals surface area (Å²) < 4.78 is 11.2. The molecule has 2 N–H and O–H groups in total. The van der Waals surface area contributed by atoms with Crippen LogP contribution in [0, 0.1) is 0 Å². The molecule has 0 radical (unpaired) electrons. The molecule has 0 spiro atoms. The predicted octanol–water partition coefficient (Wildman–Crippen LogP) is 4.99. The average molecular weight is 434 g/mol. The highest BCUT2D eigenvalue weighted by molar-refractivity contribution is 5.98. The van der Waals surface area contributed by atoms with E-state index in [0.717, 1.165) is 24.3 Å². The smallest absolute Gasteiger partial charge is 0.267 e. The Labute approximate surface area is 187 Å². The highest BCUT2D eigenvalue weighted by Gasteiger charge is 2.12. The second-order valence-corrected chi connectivity index (χ2v) is 6.98. The summed E-state index contributed by atoms with van der Waals surface area (Å²) in [5.41, 5.74) is 2.57. The van der Waals surface area contributed by atoms with E-state index in [2.05, 4.69) is 46.1 Å². The summed E-state index contributed by atoms with van der Waals surface area (Å²) in [6.07, 6.45) is 3.83. The van der Waals surface area contributed by atoms with Crippen molar-refractivity contribution in [2.45, 2.75) is 13.3 Å². The van der Waals surface area contributed by atoms with Crippen LogP contribution in [-0.4, -0.2) is 36.6 Å². The first kappa shape index (κ1) is 22.6. The van der Waals surface area contributed by atoms with Crippen LogP contribution in [0.5, 0.6) is 17.4 Å². The third-order valence-corrected chi connectivity index (χ3v) is 4.57. The second kappa shape index (κ2) is 10.8. The molecule has 32 heavy (non-hydrogen) atoms. The molecule has 0 saturated heterocycles. The lowest BCUT2D eigenvalue weighted by atomic mass is 10.2. The highest BCUT2D eigenvalue weighted by Crippen LogP contribution is 2.31. The van der Waals surface area contributed by atoms with Crippen LogP contribution in [-0.2, 0) is 4.79 Å². The first-order valence-electron chi connectivity index (χ1n) is 10.2. The number of hydrogen-bond acceptors (Lipinski definition) is 7. The zero-order chi connectivity index (χ0) is 22.9. The maximum atomic E-state index is 11.5. The minimum atomic E-state index is -0.305. The van der Waals surface area contributed by atoms with Crippen LogP contribution in [0.3, 0.4) is 0 Å². The van der Waals surface area contributed by atoms with E-state index < -0.39 is 0 Å². The summed E-state index contributed by atoms with van der Waals surface area (Å²) >= 11 is 0. The Balaban J connectivity index is 1.76. The van der Waals surface area contributed by atoms with E-state index in [1.165, 1.54) is 19.4 Å². The zero-order valence-electron chi connectivity index (χ0n) is 18.5. The molecule has 0 saturated carbocycles. The number of amides is 1. The van der Waals surface area contributed by atoms with Crippen molar-refractivity contribution in [3.63, 3.8) is 0 Å². The van der Waals surface area contributed by atoms with E-state index in [9.17, 15) is 4.79 Å². The van der Waals surface area contributed by atoms with E-state index in [-0.39, 0.29) is 11.8 Å². The summed E-state index contributed by atoms with van der Waals surface area (Å²) in [6, 6.07) is 15.0. The Morgan fingerprint density at radius 2 is 1.97 bits per heavy atom. The highest BCUT2D eigenvalue weighted by atomic mass is 16.5. The number of aromatic nitrogens is 2. The van der Waals surface area contributed by atoms with E-state index in [1.54, 1.807) is 24.3 Å². The maximum absolute atomic E-state index is 11.5. The van der Waals surface area contributed by atoms with E-state index in [1.807, 2.05) is 24.3 Å². The van der Waals surface area contributed by atoms with Gasteiger partial charge in [0.1, 0.15) is 5.75 Å². The zero-order valence-corrected chi connectivity index (χ0v) is 18.5. The van der Waals surface area contributed by atoms with Crippen LogP contribution in [0.4, 0.5) is 23.0 Å². The predicted molar refractivity (Wildman–Crippen MR) is 127 cm³/mol. The number of carbonyl (C=O) groups is 1. The standard InChI is InChI=1S/C24H27N5O3/c1-5-14-29(3)19-12-10-17(11-13-19)27-24-25-16-21(31-4)23(28-24)32-20-9-7-8-18(15-20)26-22(30)6-2/h6-13,15-16H,2,5,14H2,1,3-4H3,(H,26,30)(H,25,27,28). The van der Waals surface area contributed by atoms with Crippen LogP contribution in [0.25, 0.3) is 0 Å². The van der Waals surface area contributed by atoms with Gasteiger partial charge in [-0.25, -0.2) is 4.98 Å². The molecule has 1 amide bonds. The molecule has 0 fully saturated rings. The lowest BCUT2D eigenvalue weighted by Crippen LogP contribution is -2.17. The third kappa shape index (κ3) is 5.98. The van der Waals surface area contributed by atoms with Crippen molar-refractivity contribution in [2.75, 3.05) is 36.2 Å². The summed E-state index contributed by atoms with van der Waals surface area (Å²) in [5.74, 6) is 1.17. The molecule has 0 aliphatic carbocycles. The molecule has 3 rings (SSSR count). The Morgan fingerprint density at radius 1 is 1.19 bits per heavy atom. The molecule has 0 aliphatic rings. The van der Waals surface area contributed by atoms with E-state index in [4.69, 9.17) is 9.47 Å². The van der Waals surface area contributed by atoms with E-state index in [0.29, 0.717) is 23.1 Å². The first-order chi connectivity index (χ1) is 15.5. The van der Waals surface area contributed by atoms with Crippen molar-refractivity contribution in [2.24, 2.45) is 0 Å². The Morgan fingerprint density at radius 3 is 2.66 bits per heavy atom. The third-order valence-electron chi connectivity index (χ3n) is 4.57. The summed E-state index contributed by atoms with van der Waals surface area (Å²) in [6.45, 7) is 6.60. The van der Waals surface area contributed by atoms with Gasteiger partial charge >= 0.3 is 0 Å². The molecule has 0 atom stereocenters. The number of benzene rings is 2. The lowest BCUT2D eigenvalue weighted by molar-refractivity contribution is -0.111. The monoisotopic (exact) mass is 433 g/mol. The molecular formula is C24H27N5O3. The van der Waals surface area contributed by atoms with Crippen molar-refractivity contribution in [3.05, 3.63) is 67.4 Å². The Bertz CT molecular complexity index is 1070. The molecule has 3 aromatic rings. The maximum Gasteiger partial charge on any atom is 0.267 e. The number of nitrogens with one attached hydrogen (secondary N) is 2. The van der Waals surface area contributed by atoms with Gasteiger partial charge in [0.2, 0.25) is 11.9 Å². The topological polar surface area (TPSA) is 88.6 Å². The quantitative estimate of drug-likeness (QED) is 0.435. The number of carbonyl (C=O) groups excluding carboxylic acids is 1. The number of methoxy groups -OCH3 is 1. The van der Waals surface area contributed by atoms with Crippen LogP contribution < -0.4 is 25.0 Å². The summed E-state index contributed by atoms with van der Waals surface area (Å²) in [5, 5.41) is 5.87. The Hall–Kier alpha value is -4.07. The van der Waals surface area contributed by atoms with Crippen LogP contribution in [0.2, 0.25) is 0 Å². The number of hydrogen-bond donors (Lipinski definition) is 2. The fraction of sp³-hybridized carbons (Fsp3) is 0.208. The normalized spacial score (nSPS) is 10.2. The van der Waals surface area contributed by atoms with Crippen molar-refractivity contribution in [1.29, 1.82) is 0 Å². The van der Waals surface area contributed by atoms with Crippen LogP contribution in [0.15, 0.2) is 67.4 Å². The van der Waals surface area contributed by atoms with Crippen molar-refractivity contribution in [1.82, 2.24) is 9.97 Å². The van der Waals surface area contributed by atoms with E-state index >= 15 is 0 Å². The molecule has 8 heteroatoms. The van der Waals surface area contributed by atoms with Gasteiger partial charge in [-0.1, -0.05) is 19.6 Å². The fourth-order valence-electron chi connectivity index (χ4n) is 2.96. The number of rotatable bonds is 10. The molecule has 166 valence electrons. The molecule has 0 unspecified atom stereocenters. The lowest BCUT2D eigenvalue weighted by Gasteiger charge is -2.18. The van der Waals surface area contributed by atoms with Gasteiger partial charge < -0.3 is 25.0 Å². The van der Waals surface area contributed by atoms with Crippen molar-refractivity contribution in [3.8, 4) is 17.4 Å². The van der Waals surface area contributed by atoms with Crippen molar-refractivity contribution < 1.29 is 14.3 Å². The fourth-order valence-corrected chi connectivity index (χ4v) is 2.96. The van der Waals surface area contributed by atoms with Crippen molar-refractivity contribution >= 4 is 28.9 Å². The molecule has 0 bridgehead atoms. The van der Waals surface area contributed by atoms with Gasteiger partial charge in [-0.2, -0.15) is 4.98 Å². The number of ether oxygens (including phenoxy) is 2. The molecule has 8 nitrogen and oxygen atoms in total. The summed E-state index contributed by atoms with van der Waals surface area (Å²) in [4.78, 5) is 22.5. The van der Waals surface area contributed by atoms with Gasteiger partial charge in [-0.05, 0) is 48.9 Å². The van der Waals surface area contributed by atoms with Gasteiger partial charge in [0.05, 0.1) is 13.3 Å². The Kier molecular flexibility index (Phi) is 7.64. The number of nitrogens with zero attached hydrogens (tertiary/aromatic N) is 3. The molecule has 0 aliphatic heterocycles. The van der Waals surface area contributed by atoms with Crippen LogP contribution in [0.1, 0.15) is 13.3 Å². The number of anilines is 4.